The summed E-state index contributed by atoms with van der Waals surface area (Å²) < 4.78 is 0. The smallest absolute Gasteiger partial charge is 0.308 e. The summed E-state index contributed by atoms with van der Waals surface area (Å²) in [6, 6.07) is 10.0. The molecule has 142 valence electrons. The number of aliphatic carboxylic acids is 1. The van der Waals surface area contributed by atoms with E-state index < -0.39 is 11.9 Å². The van der Waals surface area contributed by atoms with Crippen LogP contribution in [0.3, 0.4) is 0 Å². The topological polar surface area (TPSA) is 77.9 Å². The van der Waals surface area contributed by atoms with Gasteiger partial charge in [0.25, 0.3) is 0 Å². The van der Waals surface area contributed by atoms with E-state index in [1.54, 1.807) is 11.9 Å². The zero-order valence-corrected chi connectivity index (χ0v) is 15.6. The fourth-order valence-corrected chi connectivity index (χ4v) is 3.28. The number of benzene rings is 1. The van der Waals surface area contributed by atoms with Crippen molar-refractivity contribution in [2.75, 3.05) is 26.7 Å². The average Bonchev–Trinajstić information content (AvgIpc) is 2.66. The first-order valence-electron chi connectivity index (χ1n) is 9.18. The third kappa shape index (κ3) is 5.58. The molecule has 1 saturated heterocycles. The molecule has 2 rings (SSSR count). The molecule has 1 N–H and O–H groups in total. The highest BCUT2D eigenvalue weighted by Crippen LogP contribution is 2.21. The second-order valence-electron chi connectivity index (χ2n) is 7.12. The lowest BCUT2D eigenvalue weighted by atomic mass is 9.96. The standard InChI is InChI=1S/C20H28N2O4/c1-15(16-7-4-3-5-8-16)10-11-18(23)21(2)14-19(24)22-12-6-9-17(13-22)20(25)26/h3-5,7-8,15,17H,6,9-14H2,1-2H3,(H,25,26). The zero-order valence-electron chi connectivity index (χ0n) is 15.6. The van der Waals surface area contributed by atoms with E-state index >= 15 is 0 Å². The Balaban J connectivity index is 1.79. The van der Waals surface area contributed by atoms with E-state index in [1.807, 2.05) is 18.2 Å². The summed E-state index contributed by atoms with van der Waals surface area (Å²) in [6.07, 6.45) is 2.41. The van der Waals surface area contributed by atoms with E-state index in [4.69, 9.17) is 5.11 Å². The van der Waals surface area contributed by atoms with Crippen LogP contribution in [0.1, 0.15) is 44.1 Å². The number of piperidine rings is 1. The largest absolute Gasteiger partial charge is 0.481 e. The molecule has 1 aromatic rings. The van der Waals surface area contributed by atoms with Crippen LogP contribution in [-0.2, 0) is 14.4 Å². The second-order valence-corrected chi connectivity index (χ2v) is 7.12. The fraction of sp³-hybridized carbons (Fsp3) is 0.550. The van der Waals surface area contributed by atoms with E-state index in [0.717, 1.165) is 6.42 Å². The first-order chi connectivity index (χ1) is 12.4. The lowest BCUT2D eigenvalue weighted by molar-refractivity contribution is -0.147. The van der Waals surface area contributed by atoms with Crippen molar-refractivity contribution < 1.29 is 19.5 Å². The third-order valence-corrected chi connectivity index (χ3v) is 5.08. The van der Waals surface area contributed by atoms with Crippen LogP contribution < -0.4 is 0 Å². The first kappa shape index (κ1) is 19.9. The molecule has 0 aliphatic carbocycles. The van der Waals surface area contributed by atoms with Crippen molar-refractivity contribution in [3.63, 3.8) is 0 Å². The average molecular weight is 360 g/mol. The van der Waals surface area contributed by atoms with Crippen molar-refractivity contribution in [1.82, 2.24) is 9.80 Å². The Morgan fingerprint density at radius 3 is 2.62 bits per heavy atom. The summed E-state index contributed by atoms with van der Waals surface area (Å²) in [4.78, 5) is 38.8. The molecule has 2 unspecified atom stereocenters. The summed E-state index contributed by atoms with van der Waals surface area (Å²) in [5, 5.41) is 9.12. The van der Waals surface area contributed by atoms with Gasteiger partial charge in [0.1, 0.15) is 0 Å². The summed E-state index contributed by atoms with van der Waals surface area (Å²) in [5.74, 6) is -1.32. The number of carbonyl (C=O) groups excluding carboxylic acids is 2. The Labute approximate surface area is 154 Å². The molecule has 26 heavy (non-hydrogen) atoms. The van der Waals surface area contributed by atoms with Gasteiger partial charge in [-0.25, -0.2) is 0 Å². The molecule has 1 aromatic carbocycles. The fourth-order valence-electron chi connectivity index (χ4n) is 3.28. The van der Waals surface area contributed by atoms with E-state index in [9.17, 15) is 14.4 Å². The molecule has 1 fully saturated rings. The highest BCUT2D eigenvalue weighted by atomic mass is 16.4. The molecule has 0 aromatic heterocycles. The number of hydrogen-bond acceptors (Lipinski definition) is 3. The van der Waals surface area contributed by atoms with Gasteiger partial charge in [-0.1, -0.05) is 37.3 Å². The molecule has 1 aliphatic heterocycles. The molecule has 0 radical (unpaired) electrons. The van der Waals surface area contributed by atoms with E-state index in [2.05, 4.69) is 19.1 Å². The van der Waals surface area contributed by atoms with Crippen LogP contribution in [0.5, 0.6) is 0 Å². The van der Waals surface area contributed by atoms with Crippen molar-refractivity contribution in [1.29, 1.82) is 0 Å². The number of likely N-dealkylation sites (tertiary alicyclic amines) is 1. The molecular weight excluding hydrogens is 332 g/mol. The van der Waals surface area contributed by atoms with Gasteiger partial charge in [-0.05, 0) is 30.7 Å². The molecule has 0 spiro atoms. The van der Waals surface area contributed by atoms with Gasteiger partial charge in [-0.2, -0.15) is 0 Å². The van der Waals surface area contributed by atoms with Crippen LogP contribution in [0.2, 0.25) is 0 Å². The Morgan fingerprint density at radius 2 is 1.96 bits per heavy atom. The highest BCUT2D eigenvalue weighted by Gasteiger charge is 2.28. The minimum Gasteiger partial charge on any atom is -0.481 e. The Hall–Kier alpha value is -2.37. The summed E-state index contributed by atoms with van der Waals surface area (Å²) in [5.41, 5.74) is 1.20. The first-order valence-corrected chi connectivity index (χ1v) is 9.18. The summed E-state index contributed by atoms with van der Waals surface area (Å²) in [6.45, 7) is 2.90. The number of nitrogens with zero attached hydrogens (tertiary/aromatic N) is 2. The van der Waals surface area contributed by atoms with Crippen molar-refractivity contribution in [3.05, 3.63) is 35.9 Å². The number of rotatable bonds is 7. The van der Waals surface area contributed by atoms with E-state index in [1.165, 1.54) is 10.5 Å². The van der Waals surface area contributed by atoms with Crippen LogP contribution in [0.25, 0.3) is 0 Å². The van der Waals surface area contributed by atoms with Gasteiger partial charge in [-0.3, -0.25) is 14.4 Å². The normalized spacial score (nSPS) is 18.2. The molecule has 6 nitrogen and oxygen atoms in total. The highest BCUT2D eigenvalue weighted by molar-refractivity contribution is 5.85. The monoisotopic (exact) mass is 360 g/mol. The summed E-state index contributed by atoms with van der Waals surface area (Å²) in [7, 11) is 1.63. The van der Waals surface area contributed by atoms with E-state index in [0.29, 0.717) is 25.8 Å². The van der Waals surface area contributed by atoms with Crippen LogP contribution in [0, 0.1) is 5.92 Å². The van der Waals surface area contributed by atoms with Crippen LogP contribution in [0.15, 0.2) is 30.3 Å². The number of carboxylic acids is 1. The number of amides is 2. The minimum atomic E-state index is -0.859. The van der Waals surface area contributed by atoms with Gasteiger partial charge in [0, 0.05) is 26.6 Å². The molecule has 1 aliphatic rings. The Bertz CT molecular complexity index is 632. The van der Waals surface area contributed by atoms with Crippen molar-refractivity contribution in [2.45, 2.75) is 38.5 Å². The Morgan fingerprint density at radius 1 is 1.27 bits per heavy atom. The number of carboxylic acid groups (broad SMARTS) is 1. The molecule has 2 amide bonds. The third-order valence-electron chi connectivity index (χ3n) is 5.08. The van der Waals surface area contributed by atoms with Crippen LogP contribution in [-0.4, -0.2) is 59.4 Å². The Kier molecular flexibility index (Phi) is 7.18. The SMILES string of the molecule is CC(CCC(=O)N(C)CC(=O)N1CCCC(C(=O)O)C1)c1ccccc1. The quantitative estimate of drug-likeness (QED) is 0.810. The molecule has 0 bridgehead atoms. The summed E-state index contributed by atoms with van der Waals surface area (Å²) >= 11 is 0. The predicted octanol–water partition coefficient (Wildman–Crippen LogP) is 2.35. The molecule has 2 atom stereocenters. The lowest BCUT2D eigenvalue weighted by Gasteiger charge is -2.32. The molecular formula is C20H28N2O4. The maximum Gasteiger partial charge on any atom is 0.308 e. The van der Waals surface area contributed by atoms with Gasteiger partial charge in [0.2, 0.25) is 11.8 Å². The number of carbonyl (C=O) groups is 3. The number of hydrogen-bond donors (Lipinski definition) is 1. The van der Waals surface area contributed by atoms with Gasteiger partial charge >= 0.3 is 5.97 Å². The zero-order chi connectivity index (χ0) is 19.1. The molecule has 0 saturated carbocycles. The van der Waals surface area contributed by atoms with Gasteiger partial charge in [-0.15, -0.1) is 0 Å². The van der Waals surface area contributed by atoms with Crippen LogP contribution in [0.4, 0.5) is 0 Å². The van der Waals surface area contributed by atoms with Crippen LogP contribution >= 0.6 is 0 Å². The van der Waals surface area contributed by atoms with Crippen molar-refractivity contribution in [2.24, 2.45) is 5.92 Å². The predicted molar refractivity (Wildman–Crippen MR) is 98.7 cm³/mol. The maximum atomic E-state index is 12.4. The van der Waals surface area contributed by atoms with Gasteiger partial charge in [0.15, 0.2) is 0 Å². The molecule has 1 heterocycles. The maximum absolute atomic E-state index is 12.4. The molecule has 6 heteroatoms. The second kappa shape index (κ2) is 9.36. The lowest BCUT2D eigenvalue weighted by Crippen LogP contribution is -2.46. The van der Waals surface area contributed by atoms with E-state index in [-0.39, 0.29) is 30.8 Å². The number of likely N-dealkylation sites (N-methyl/N-ethyl adjacent to an activating group) is 1. The van der Waals surface area contributed by atoms with Crippen molar-refractivity contribution in [3.8, 4) is 0 Å². The van der Waals surface area contributed by atoms with Crippen molar-refractivity contribution >= 4 is 17.8 Å². The van der Waals surface area contributed by atoms with Gasteiger partial charge in [0.05, 0.1) is 12.5 Å². The minimum absolute atomic E-state index is 0.00485. The van der Waals surface area contributed by atoms with Gasteiger partial charge < -0.3 is 14.9 Å².